The van der Waals surface area contributed by atoms with E-state index < -0.39 is 0 Å². The monoisotopic (exact) mass is 298 g/mol. The van der Waals surface area contributed by atoms with E-state index in [4.69, 9.17) is 4.74 Å². The maximum Gasteiger partial charge on any atom is 0.0930 e. The molecule has 1 aliphatic rings. The van der Waals surface area contributed by atoms with Crippen LogP contribution >= 0.6 is 11.3 Å². The number of rotatable bonds is 8. The van der Waals surface area contributed by atoms with Crippen molar-refractivity contribution in [1.29, 1.82) is 0 Å². The van der Waals surface area contributed by atoms with Crippen molar-refractivity contribution >= 4 is 11.3 Å². The number of aliphatic hydroxyl groups excluding tert-OH is 1. The fourth-order valence-electron chi connectivity index (χ4n) is 2.64. The van der Waals surface area contributed by atoms with Gasteiger partial charge in [0, 0.05) is 49.2 Å². The first kappa shape index (κ1) is 15.9. The van der Waals surface area contributed by atoms with Crippen molar-refractivity contribution in [1.82, 2.24) is 10.3 Å². The summed E-state index contributed by atoms with van der Waals surface area (Å²) in [5.41, 5.74) is 0.125. The van der Waals surface area contributed by atoms with E-state index in [0.717, 1.165) is 45.6 Å². The lowest BCUT2D eigenvalue weighted by molar-refractivity contribution is 0.124. The zero-order valence-corrected chi connectivity index (χ0v) is 13.3. The molecule has 1 aliphatic heterocycles. The van der Waals surface area contributed by atoms with Crippen molar-refractivity contribution in [3.05, 3.63) is 16.1 Å². The number of aromatic nitrogens is 1. The van der Waals surface area contributed by atoms with Crippen LogP contribution in [0.15, 0.2) is 6.20 Å². The quantitative estimate of drug-likeness (QED) is 0.773. The van der Waals surface area contributed by atoms with E-state index in [9.17, 15) is 5.11 Å². The maximum atomic E-state index is 9.20. The van der Waals surface area contributed by atoms with Gasteiger partial charge in [-0.05, 0) is 18.8 Å². The third-order valence-corrected chi connectivity index (χ3v) is 4.83. The molecule has 0 amide bonds. The first-order valence-electron chi connectivity index (χ1n) is 7.46. The molecule has 114 valence electrons. The fraction of sp³-hybridized carbons (Fsp3) is 0.800. The molecule has 1 aromatic rings. The predicted octanol–water partition coefficient (Wildman–Crippen LogP) is 2.22. The SMILES string of the molecule is CC(C)Cc1ncc(CNCC2(CCO)CCOC2)s1. The number of nitrogens with zero attached hydrogens (tertiary/aromatic N) is 1. The molecule has 0 radical (unpaired) electrons. The van der Waals surface area contributed by atoms with Gasteiger partial charge in [-0.2, -0.15) is 0 Å². The van der Waals surface area contributed by atoms with Crippen LogP contribution in [0.25, 0.3) is 0 Å². The Hall–Kier alpha value is -0.490. The van der Waals surface area contributed by atoms with E-state index in [1.54, 1.807) is 11.3 Å². The summed E-state index contributed by atoms with van der Waals surface area (Å²) in [5.74, 6) is 0.658. The van der Waals surface area contributed by atoms with Crippen LogP contribution in [0.4, 0.5) is 0 Å². The standard InChI is InChI=1S/C15H26N2O2S/c1-12(2)7-14-17-9-13(20-14)8-16-10-15(3-5-18)4-6-19-11-15/h9,12,16,18H,3-8,10-11H2,1-2H3. The Kier molecular flexibility index (Phi) is 5.96. The topological polar surface area (TPSA) is 54.4 Å². The second kappa shape index (κ2) is 7.50. The van der Waals surface area contributed by atoms with E-state index >= 15 is 0 Å². The van der Waals surface area contributed by atoms with Gasteiger partial charge >= 0.3 is 0 Å². The summed E-state index contributed by atoms with van der Waals surface area (Å²) in [6.45, 7) is 8.04. The highest BCUT2D eigenvalue weighted by atomic mass is 32.1. The highest BCUT2D eigenvalue weighted by molar-refractivity contribution is 7.11. The molecule has 0 aromatic carbocycles. The van der Waals surface area contributed by atoms with Crippen LogP contribution in [0.3, 0.4) is 0 Å². The molecule has 5 heteroatoms. The third-order valence-electron chi connectivity index (χ3n) is 3.81. The largest absolute Gasteiger partial charge is 0.396 e. The van der Waals surface area contributed by atoms with Gasteiger partial charge in [-0.1, -0.05) is 13.8 Å². The van der Waals surface area contributed by atoms with Crippen molar-refractivity contribution in [3.63, 3.8) is 0 Å². The number of ether oxygens (including phenoxy) is 1. The summed E-state index contributed by atoms with van der Waals surface area (Å²) in [6.07, 6.45) is 4.91. The van der Waals surface area contributed by atoms with E-state index in [2.05, 4.69) is 24.1 Å². The molecule has 1 saturated heterocycles. The summed E-state index contributed by atoms with van der Waals surface area (Å²) in [5, 5.41) is 13.9. The Bertz CT molecular complexity index is 400. The molecule has 2 rings (SSSR count). The highest BCUT2D eigenvalue weighted by Crippen LogP contribution is 2.31. The van der Waals surface area contributed by atoms with E-state index in [1.807, 2.05) is 6.20 Å². The molecule has 1 aromatic heterocycles. The minimum Gasteiger partial charge on any atom is -0.396 e. The minimum atomic E-state index is 0.125. The van der Waals surface area contributed by atoms with Gasteiger partial charge in [0.05, 0.1) is 11.6 Å². The third kappa shape index (κ3) is 4.52. The molecule has 1 atom stereocenters. The van der Waals surface area contributed by atoms with Gasteiger partial charge in [0.1, 0.15) is 0 Å². The van der Waals surface area contributed by atoms with Gasteiger partial charge in [-0.25, -0.2) is 4.98 Å². The summed E-state index contributed by atoms with van der Waals surface area (Å²) in [7, 11) is 0. The summed E-state index contributed by atoms with van der Waals surface area (Å²) < 4.78 is 5.50. The Morgan fingerprint density at radius 3 is 3.05 bits per heavy atom. The molecule has 0 saturated carbocycles. The van der Waals surface area contributed by atoms with E-state index in [-0.39, 0.29) is 12.0 Å². The molecular formula is C15H26N2O2S. The van der Waals surface area contributed by atoms with Crippen molar-refractivity contribution in [2.45, 2.75) is 39.7 Å². The molecule has 0 aliphatic carbocycles. The Labute approximate surface area is 125 Å². The summed E-state index contributed by atoms with van der Waals surface area (Å²) in [4.78, 5) is 5.76. The molecular weight excluding hydrogens is 272 g/mol. The molecule has 4 nitrogen and oxygen atoms in total. The lowest BCUT2D eigenvalue weighted by Crippen LogP contribution is -2.35. The number of thiazole rings is 1. The van der Waals surface area contributed by atoms with Crippen LogP contribution in [0.5, 0.6) is 0 Å². The normalized spacial score (nSPS) is 22.8. The van der Waals surface area contributed by atoms with E-state index in [0.29, 0.717) is 5.92 Å². The van der Waals surface area contributed by atoms with Crippen molar-refractivity contribution in [3.8, 4) is 0 Å². The number of nitrogens with one attached hydrogen (secondary N) is 1. The zero-order valence-electron chi connectivity index (χ0n) is 12.5. The summed E-state index contributed by atoms with van der Waals surface area (Å²) >= 11 is 1.80. The lowest BCUT2D eigenvalue weighted by atomic mass is 9.84. The molecule has 1 unspecified atom stereocenters. The second-order valence-corrected chi connectivity index (χ2v) is 7.40. The Morgan fingerprint density at radius 1 is 1.55 bits per heavy atom. The fourth-order valence-corrected chi connectivity index (χ4v) is 3.74. The summed E-state index contributed by atoms with van der Waals surface area (Å²) in [6, 6.07) is 0. The first-order valence-corrected chi connectivity index (χ1v) is 8.28. The molecule has 0 spiro atoms. The molecule has 2 N–H and O–H groups in total. The van der Waals surface area contributed by atoms with Crippen LogP contribution in [0, 0.1) is 11.3 Å². The lowest BCUT2D eigenvalue weighted by Gasteiger charge is -2.26. The number of hydrogen-bond acceptors (Lipinski definition) is 5. The Morgan fingerprint density at radius 2 is 2.40 bits per heavy atom. The molecule has 2 heterocycles. The van der Waals surface area contributed by atoms with Gasteiger partial charge in [-0.15, -0.1) is 11.3 Å². The van der Waals surface area contributed by atoms with Gasteiger partial charge < -0.3 is 15.2 Å². The minimum absolute atomic E-state index is 0.125. The van der Waals surface area contributed by atoms with Crippen LogP contribution < -0.4 is 5.32 Å². The Balaban J connectivity index is 1.78. The van der Waals surface area contributed by atoms with Crippen molar-refractivity contribution in [2.24, 2.45) is 11.3 Å². The van der Waals surface area contributed by atoms with Gasteiger partial charge in [0.25, 0.3) is 0 Å². The van der Waals surface area contributed by atoms with Gasteiger partial charge in [-0.3, -0.25) is 0 Å². The molecule has 20 heavy (non-hydrogen) atoms. The van der Waals surface area contributed by atoms with Crippen LogP contribution in [0.1, 0.15) is 36.6 Å². The van der Waals surface area contributed by atoms with Gasteiger partial charge in [0.15, 0.2) is 0 Å². The smallest absolute Gasteiger partial charge is 0.0930 e. The van der Waals surface area contributed by atoms with Crippen LogP contribution in [0.2, 0.25) is 0 Å². The average Bonchev–Trinajstić information content (AvgIpc) is 3.00. The van der Waals surface area contributed by atoms with Crippen LogP contribution in [-0.4, -0.2) is 36.5 Å². The average molecular weight is 298 g/mol. The van der Waals surface area contributed by atoms with Gasteiger partial charge in [0.2, 0.25) is 0 Å². The van der Waals surface area contributed by atoms with Crippen LogP contribution in [-0.2, 0) is 17.7 Å². The number of aliphatic hydroxyl groups is 1. The first-order chi connectivity index (χ1) is 9.63. The van der Waals surface area contributed by atoms with E-state index in [1.165, 1.54) is 9.88 Å². The molecule has 1 fully saturated rings. The van der Waals surface area contributed by atoms with Crippen molar-refractivity contribution in [2.75, 3.05) is 26.4 Å². The predicted molar refractivity (Wildman–Crippen MR) is 81.9 cm³/mol. The highest BCUT2D eigenvalue weighted by Gasteiger charge is 2.33. The van der Waals surface area contributed by atoms with Crippen molar-refractivity contribution < 1.29 is 9.84 Å². The molecule has 0 bridgehead atoms. The second-order valence-electron chi connectivity index (χ2n) is 6.20. The maximum absolute atomic E-state index is 9.20. The number of hydrogen-bond donors (Lipinski definition) is 2. The zero-order chi connectivity index (χ0) is 14.4.